The van der Waals surface area contributed by atoms with Gasteiger partial charge in [0.15, 0.2) is 11.6 Å². The van der Waals surface area contributed by atoms with Gasteiger partial charge in [-0.1, -0.05) is 42.5 Å². The van der Waals surface area contributed by atoms with E-state index in [0.29, 0.717) is 29.7 Å². The average molecular weight is 278 g/mol. The van der Waals surface area contributed by atoms with Gasteiger partial charge in [0.2, 0.25) is 0 Å². The molecule has 0 saturated heterocycles. The van der Waals surface area contributed by atoms with Gasteiger partial charge in [0.05, 0.1) is 6.61 Å². The van der Waals surface area contributed by atoms with E-state index in [2.05, 4.69) is 0 Å². The lowest BCUT2D eigenvalue weighted by Crippen LogP contribution is -2.18. The first-order valence-corrected chi connectivity index (χ1v) is 6.82. The number of para-hydroxylation sites is 1. The molecule has 0 spiro atoms. The quantitative estimate of drug-likeness (QED) is 0.860. The fourth-order valence-electron chi connectivity index (χ4n) is 2.35. The minimum absolute atomic E-state index is 0.0816. The predicted octanol–water partition coefficient (Wildman–Crippen LogP) is 3.46. The lowest BCUT2D eigenvalue weighted by atomic mass is 9.88. The first kappa shape index (κ1) is 13.3. The normalized spacial score (nSPS) is 13.6. The highest BCUT2D eigenvalue weighted by Gasteiger charge is 2.24. The molecule has 0 aliphatic heterocycles. The van der Waals surface area contributed by atoms with Crippen molar-refractivity contribution in [1.82, 2.24) is 0 Å². The summed E-state index contributed by atoms with van der Waals surface area (Å²) in [6.45, 7) is 0.372. The van der Waals surface area contributed by atoms with Crippen molar-refractivity contribution in [2.75, 3.05) is 6.61 Å². The maximum absolute atomic E-state index is 12.3. The number of fused-ring (bicyclic) bond motifs is 1. The maximum atomic E-state index is 12.3. The second kappa shape index (κ2) is 5.75. The third-order valence-electron chi connectivity index (χ3n) is 3.42. The Balaban J connectivity index is 1.70. The lowest BCUT2D eigenvalue weighted by molar-refractivity contribution is 0.0979. The van der Waals surface area contributed by atoms with Crippen LogP contribution < -0.4 is 4.74 Å². The Morgan fingerprint density at radius 2 is 1.48 bits per heavy atom. The van der Waals surface area contributed by atoms with E-state index >= 15 is 0 Å². The zero-order valence-corrected chi connectivity index (χ0v) is 11.4. The number of carbonyl (C=O) groups is 2. The van der Waals surface area contributed by atoms with Gasteiger partial charge in [-0.3, -0.25) is 9.59 Å². The monoisotopic (exact) mass is 278 g/mol. The van der Waals surface area contributed by atoms with Gasteiger partial charge in [-0.25, -0.2) is 0 Å². The Morgan fingerprint density at radius 1 is 0.810 bits per heavy atom. The number of ketones is 2. The average Bonchev–Trinajstić information content (AvgIpc) is 2.53. The third-order valence-corrected chi connectivity index (χ3v) is 3.42. The second-order valence-corrected chi connectivity index (χ2v) is 4.82. The van der Waals surface area contributed by atoms with Crippen molar-refractivity contribution in [2.45, 2.75) is 6.42 Å². The van der Waals surface area contributed by atoms with Crippen LogP contribution in [0.25, 0.3) is 0 Å². The molecule has 104 valence electrons. The van der Waals surface area contributed by atoms with Crippen molar-refractivity contribution in [1.29, 1.82) is 0 Å². The number of allylic oxidation sites excluding steroid dienone is 1. The number of Topliss-reactive ketones (excluding diaryl/α,β-unsaturated/α-hetero) is 1. The molecule has 0 heterocycles. The Kier molecular flexibility index (Phi) is 3.65. The van der Waals surface area contributed by atoms with Crippen LogP contribution in [0.2, 0.25) is 0 Å². The van der Waals surface area contributed by atoms with Crippen molar-refractivity contribution in [3.63, 3.8) is 0 Å². The summed E-state index contributed by atoms with van der Waals surface area (Å²) in [5.74, 6) is 0.565. The summed E-state index contributed by atoms with van der Waals surface area (Å²) in [6.07, 6.45) is 1.85. The van der Waals surface area contributed by atoms with Gasteiger partial charge in [0.1, 0.15) is 5.75 Å². The molecule has 0 N–H and O–H groups in total. The minimum Gasteiger partial charge on any atom is -0.493 e. The highest BCUT2D eigenvalue weighted by Crippen LogP contribution is 2.23. The lowest BCUT2D eigenvalue weighted by Gasteiger charge is -2.15. The molecule has 0 amide bonds. The molecular formula is C18H14O3. The molecule has 1 aliphatic carbocycles. The zero-order valence-electron chi connectivity index (χ0n) is 11.4. The first-order valence-electron chi connectivity index (χ1n) is 6.82. The number of hydrogen-bond acceptors (Lipinski definition) is 3. The number of carbonyl (C=O) groups excluding carboxylic acids is 2. The molecule has 3 rings (SSSR count). The molecule has 0 aromatic heterocycles. The molecule has 3 nitrogen and oxygen atoms in total. The van der Waals surface area contributed by atoms with E-state index < -0.39 is 0 Å². The molecule has 0 radical (unpaired) electrons. The van der Waals surface area contributed by atoms with Crippen LogP contribution in [0.3, 0.4) is 0 Å². The van der Waals surface area contributed by atoms with Crippen molar-refractivity contribution < 1.29 is 14.3 Å². The van der Waals surface area contributed by atoms with Crippen LogP contribution in [0.1, 0.15) is 27.1 Å². The van der Waals surface area contributed by atoms with Gasteiger partial charge >= 0.3 is 0 Å². The summed E-state index contributed by atoms with van der Waals surface area (Å²) < 4.78 is 5.58. The van der Waals surface area contributed by atoms with Gasteiger partial charge in [-0.2, -0.15) is 0 Å². The van der Waals surface area contributed by atoms with Gasteiger partial charge in [-0.15, -0.1) is 0 Å². The van der Waals surface area contributed by atoms with Crippen LogP contribution in [0.4, 0.5) is 0 Å². The molecule has 2 aromatic rings. The Hall–Kier alpha value is -2.68. The van der Waals surface area contributed by atoms with Gasteiger partial charge in [0, 0.05) is 23.1 Å². The fourth-order valence-corrected chi connectivity index (χ4v) is 2.35. The number of hydrogen-bond donors (Lipinski definition) is 0. The molecule has 0 atom stereocenters. The van der Waals surface area contributed by atoms with Crippen LogP contribution in [-0.4, -0.2) is 18.2 Å². The highest BCUT2D eigenvalue weighted by molar-refractivity contribution is 6.24. The minimum atomic E-state index is -0.111. The van der Waals surface area contributed by atoms with Crippen molar-refractivity contribution >= 4 is 11.6 Å². The number of benzene rings is 2. The van der Waals surface area contributed by atoms with Crippen molar-refractivity contribution in [3.8, 4) is 5.75 Å². The van der Waals surface area contributed by atoms with E-state index in [0.717, 1.165) is 5.75 Å². The van der Waals surface area contributed by atoms with Crippen LogP contribution in [0.15, 0.2) is 66.2 Å². The fraction of sp³-hybridized carbons (Fsp3) is 0.111. The first-order chi connectivity index (χ1) is 10.3. The van der Waals surface area contributed by atoms with E-state index in [1.54, 1.807) is 24.3 Å². The predicted molar refractivity (Wildman–Crippen MR) is 79.7 cm³/mol. The Morgan fingerprint density at radius 3 is 2.24 bits per heavy atom. The summed E-state index contributed by atoms with van der Waals surface area (Å²) >= 11 is 0. The van der Waals surface area contributed by atoms with E-state index in [1.165, 1.54) is 6.08 Å². The molecule has 0 saturated carbocycles. The molecule has 3 heteroatoms. The van der Waals surface area contributed by atoms with E-state index in [4.69, 9.17) is 4.74 Å². The molecule has 21 heavy (non-hydrogen) atoms. The number of ether oxygens (including phenoxy) is 1. The smallest absolute Gasteiger partial charge is 0.190 e. The molecular weight excluding hydrogens is 264 g/mol. The summed E-state index contributed by atoms with van der Waals surface area (Å²) in [4.78, 5) is 24.3. The summed E-state index contributed by atoms with van der Waals surface area (Å²) in [5.41, 5.74) is 1.48. The summed E-state index contributed by atoms with van der Waals surface area (Å²) in [7, 11) is 0. The zero-order chi connectivity index (χ0) is 14.7. The highest BCUT2D eigenvalue weighted by atomic mass is 16.5. The van der Waals surface area contributed by atoms with Crippen LogP contribution >= 0.6 is 0 Å². The Bertz CT molecular complexity index is 714. The van der Waals surface area contributed by atoms with Gasteiger partial charge in [0.25, 0.3) is 0 Å². The molecule has 0 unspecified atom stereocenters. The van der Waals surface area contributed by atoms with Crippen LogP contribution in [0.5, 0.6) is 5.75 Å². The summed E-state index contributed by atoms with van der Waals surface area (Å²) in [6, 6.07) is 16.3. The van der Waals surface area contributed by atoms with E-state index in [1.807, 2.05) is 30.3 Å². The largest absolute Gasteiger partial charge is 0.493 e. The molecule has 0 bridgehead atoms. The number of rotatable bonds is 4. The third kappa shape index (κ3) is 2.77. The van der Waals surface area contributed by atoms with Crippen molar-refractivity contribution in [3.05, 3.63) is 77.4 Å². The molecule has 0 fully saturated rings. The van der Waals surface area contributed by atoms with Gasteiger partial charge < -0.3 is 4.74 Å². The second-order valence-electron chi connectivity index (χ2n) is 4.82. The Labute approximate surface area is 122 Å². The topological polar surface area (TPSA) is 43.4 Å². The van der Waals surface area contributed by atoms with Crippen LogP contribution in [-0.2, 0) is 0 Å². The molecule has 2 aromatic carbocycles. The van der Waals surface area contributed by atoms with E-state index in [9.17, 15) is 9.59 Å². The van der Waals surface area contributed by atoms with E-state index in [-0.39, 0.29) is 11.6 Å². The maximum Gasteiger partial charge on any atom is 0.190 e. The van der Waals surface area contributed by atoms with Crippen molar-refractivity contribution in [2.24, 2.45) is 0 Å². The summed E-state index contributed by atoms with van der Waals surface area (Å²) in [5, 5.41) is 0. The molecule has 1 aliphatic rings. The van der Waals surface area contributed by atoms with Crippen LogP contribution in [0, 0.1) is 0 Å². The SMILES string of the molecule is O=C1C=C(CCOc2ccccc2)C(=O)c2ccccc21. The van der Waals surface area contributed by atoms with Gasteiger partial charge in [-0.05, 0) is 18.2 Å². The standard InChI is InChI=1S/C18H14O3/c19-17-12-13(10-11-21-14-6-2-1-3-7-14)18(20)16-9-5-4-8-15(16)17/h1-9,12H,10-11H2.